The van der Waals surface area contributed by atoms with Crippen LogP contribution in [0, 0.1) is 0 Å². The SMILES string of the molecule is O=C(CCl)c1ccc(OC(F)(F)F)cc1Br. The van der Waals surface area contributed by atoms with Gasteiger partial charge in [-0.1, -0.05) is 0 Å². The minimum atomic E-state index is -4.75. The molecule has 0 amide bonds. The molecule has 0 fully saturated rings. The summed E-state index contributed by atoms with van der Waals surface area (Å²) in [5, 5.41) is 0. The van der Waals surface area contributed by atoms with E-state index in [4.69, 9.17) is 11.6 Å². The number of benzene rings is 1. The molecule has 1 aromatic carbocycles. The predicted octanol–water partition coefficient (Wildman–Crippen LogP) is 3.77. The number of ketones is 1. The highest BCUT2D eigenvalue weighted by Gasteiger charge is 2.31. The highest BCUT2D eigenvalue weighted by atomic mass is 79.9. The van der Waals surface area contributed by atoms with E-state index in [1.165, 1.54) is 6.07 Å². The van der Waals surface area contributed by atoms with Crippen molar-refractivity contribution in [1.29, 1.82) is 0 Å². The highest BCUT2D eigenvalue weighted by Crippen LogP contribution is 2.28. The first-order valence-electron chi connectivity index (χ1n) is 3.98. The van der Waals surface area contributed by atoms with Crippen LogP contribution in [-0.4, -0.2) is 18.0 Å². The normalized spacial score (nSPS) is 11.3. The molecule has 0 heterocycles. The second-order valence-electron chi connectivity index (χ2n) is 2.75. The largest absolute Gasteiger partial charge is 0.573 e. The number of ether oxygens (including phenoxy) is 1. The Morgan fingerprint density at radius 2 is 2.06 bits per heavy atom. The van der Waals surface area contributed by atoms with Crippen LogP contribution in [0.1, 0.15) is 10.4 Å². The van der Waals surface area contributed by atoms with Crippen molar-refractivity contribution in [2.75, 3.05) is 5.88 Å². The van der Waals surface area contributed by atoms with E-state index in [-0.39, 0.29) is 21.7 Å². The topological polar surface area (TPSA) is 26.3 Å². The van der Waals surface area contributed by atoms with Gasteiger partial charge in [-0.2, -0.15) is 0 Å². The van der Waals surface area contributed by atoms with Gasteiger partial charge in [0.25, 0.3) is 0 Å². The second-order valence-corrected chi connectivity index (χ2v) is 3.87. The van der Waals surface area contributed by atoms with Gasteiger partial charge in [-0.25, -0.2) is 0 Å². The number of alkyl halides is 4. The standard InChI is InChI=1S/C9H5BrClF3O2/c10-7-3-5(16-9(12,13)14)1-2-6(7)8(15)4-11/h1-3H,4H2. The maximum atomic E-state index is 11.9. The third-order valence-electron chi connectivity index (χ3n) is 1.60. The van der Waals surface area contributed by atoms with Crippen LogP contribution in [0.4, 0.5) is 13.2 Å². The number of rotatable bonds is 3. The van der Waals surface area contributed by atoms with E-state index in [0.29, 0.717) is 0 Å². The van der Waals surface area contributed by atoms with Crippen molar-refractivity contribution in [3.63, 3.8) is 0 Å². The maximum Gasteiger partial charge on any atom is 0.573 e. The molecule has 1 aromatic rings. The minimum absolute atomic E-state index is 0.208. The number of halogens is 5. The van der Waals surface area contributed by atoms with Crippen LogP contribution in [0.2, 0.25) is 0 Å². The average Bonchev–Trinajstić information content (AvgIpc) is 2.14. The van der Waals surface area contributed by atoms with Gasteiger partial charge in [0.05, 0.1) is 5.88 Å². The Labute approximate surface area is 102 Å². The molecule has 88 valence electrons. The van der Waals surface area contributed by atoms with Crippen molar-refractivity contribution in [3.8, 4) is 5.75 Å². The van der Waals surface area contributed by atoms with Gasteiger partial charge >= 0.3 is 6.36 Å². The fourth-order valence-electron chi connectivity index (χ4n) is 0.991. The molecule has 0 aliphatic carbocycles. The van der Waals surface area contributed by atoms with Crippen LogP contribution in [0.3, 0.4) is 0 Å². The molecule has 2 nitrogen and oxygen atoms in total. The number of carbonyl (C=O) groups excluding carboxylic acids is 1. The van der Waals surface area contributed by atoms with Crippen LogP contribution in [0.15, 0.2) is 22.7 Å². The van der Waals surface area contributed by atoms with E-state index in [1.807, 2.05) is 0 Å². The van der Waals surface area contributed by atoms with Gasteiger partial charge in [-0.3, -0.25) is 4.79 Å². The minimum Gasteiger partial charge on any atom is -0.406 e. The van der Waals surface area contributed by atoms with Crippen molar-refractivity contribution < 1.29 is 22.7 Å². The highest BCUT2D eigenvalue weighted by molar-refractivity contribution is 9.10. The maximum absolute atomic E-state index is 11.9. The first-order chi connectivity index (χ1) is 7.33. The molecule has 0 spiro atoms. The molecule has 0 saturated carbocycles. The zero-order valence-corrected chi connectivity index (χ0v) is 9.99. The molecular weight excluding hydrogens is 312 g/mol. The Kier molecular flexibility index (Phi) is 4.21. The van der Waals surface area contributed by atoms with E-state index in [9.17, 15) is 18.0 Å². The number of hydrogen-bond donors (Lipinski definition) is 0. The summed E-state index contributed by atoms with van der Waals surface area (Å²) in [4.78, 5) is 11.2. The smallest absolute Gasteiger partial charge is 0.406 e. The zero-order valence-electron chi connectivity index (χ0n) is 7.65. The molecule has 0 radical (unpaired) electrons. The fraction of sp³-hybridized carbons (Fsp3) is 0.222. The summed E-state index contributed by atoms with van der Waals surface area (Å²) in [5.41, 5.74) is 0.213. The molecule has 0 aliphatic heterocycles. The molecule has 0 aromatic heterocycles. The zero-order chi connectivity index (χ0) is 12.3. The van der Waals surface area contributed by atoms with Gasteiger partial charge in [-0.05, 0) is 34.1 Å². The average molecular weight is 317 g/mol. The third-order valence-corrected chi connectivity index (χ3v) is 2.49. The van der Waals surface area contributed by atoms with Crippen molar-refractivity contribution in [1.82, 2.24) is 0 Å². The van der Waals surface area contributed by atoms with Crippen LogP contribution >= 0.6 is 27.5 Å². The van der Waals surface area contributed by atoms with Gasteiger partial charge in [-0.15, -0.1) is 24.8 Å². The van der Waals surface area contributed by atoms with Crippen molar-refractivity contribution in [3.05, 3.63) is 28.2 Å². The molecule has 0 unspecified atom stereocenters. The van der Waals surface area contributed by atoms with Crippen LogP contribution in [0.25, 0.3) is 0 Å². The molecule has 1 rings (SSSR count). The molecule has 0 aliphatic rings. The molecule has 7 heteroatoms. The summed E-state index contributed by atoms with van der Waals surface area (Å²) >= 11 is 8.29. The van der Waals surface area contributed by atoms with Gasteiger partial charge in [0.15, 0.2) is 5.78 Å². The Hall–Kier alpha value is -0.750. The summed E-state index contributed by atoms with van der Waals surface area (Å²) in [6.45, 7) is 0. The molecule has 0 N–H and O–H groups in total. The molecule has 0 bridgehead atoms. The lowest BCUT2D eigenvalue weighted by molar-refractivity contribution is -0.274. The van der Waals surface area contributed by atoms with Gasteiger partial charge in [0.2, 0.25) is 0 Å². The lowest BCUT2D eigenvalue weighted by Gasteiger charge is -2.10. The molecular formula is C9H5BrClF3O2. The molecule has 0 saturated heterocycles. The van der Waals surface area contributed by atoms with Crippen LogP contribution in [-0.2, 0) is 0 Å². The van der Waals surface area contributed by atoms with E-state index >= 15 is 0 Å². The second kappa shape index (κ2) is 5.05. The lowest BCUT2D eigenvalue weighted by Crippen LogP contribution is -2.17. The Morgan fingerprint density at radius 1 is 1.44 bits per heavy atom. The van der Waals surface area contributed by atoms with E-state index in [1.54, 1.807) is 0 Å². The molecule has 16 heavy (non-hydrogen) atoms. The summed E-state index contributed by atoms with van der Waals surface area (Å²) in [6.07, 6.45) is -4.75. The monoisotopic (exact) mass is 316 g/mol. The Morgan fingerprint density at radius 3 is 2.50 bits per heavy atom. The summed E-state index contributed by atoms with van der Waals surface area (Å²) in [5.74, 6) is -1.02. The quantitative estimate of drug-likeness (QED) is 0.626. The van der Waals surface area contributed by atoms with Gasteiger partial charge < -0.3 is 4.74 Å². The molecule has 0 atom stereocenters. The predicted molar refractivity (Wildman–Crippen MR) is 55.9 cm³/mol. The Balaban J connectivity index is 2.96. The summed E-state index contributed by atoms with van der Waals surface area (Å²) < 4.78 is 39.5. The first kappa shape index (κ1) is 13.3. The van der Waals surface area contributed by atoms with Crippen LogP contribution < -0.4 is 4.74 Å². The number of hydrogen-bond acceptors (Lipinski definition) is 2. The van der Waals surface area contributed by atoms with E-state index in [2.05, 4.69) is 20.7 Å². The van der Waals surface area contributed by atoms with Crippen molar-refractivity contribution in [2.24, 2.45) is 0 Å². The van der Waals surface area contributed by atoms with Gasteiger partial charge in [0.1, 0.15) is 5.75 Å². The summed E-state index contributed by atoms with van der Waals surface area (Å²) in [6, 6.07) is 3.33. The summed E-state index contributed by atoms with van der Waals surface area (Å²) in [7, 11) is 0. The third kappa shape index (κ3) is 3.68. The fourth-order valence-corrected chi connectivity index (χ4v) is 1.71. The number of carbonyl (C=O) groups is 1. The van der Waals surface area contributed by atoms with Crippen molar-refractivity contribution in [2.45, 2.75) is 6.36 Å². The number of Topliss-reactive ketones (excluding diaryl/α,β-unsaturated/α-hetero) is 1. The van der Waals surface area contributed by atoms with Crippen LogP contribution in [0.5, 0.6) is 5.75 Å². The van der Waals surface area contributed by atoms with E-state index < -0.39 is 12.1 Å². The Bertz CT molecular complexity index is 406. The van der Waals surface area contributed by atoms with Crippen molar-refractivity contribution >= 4 is 33.3 Å². The van der Waals surface area contributed by atoms with E-state index in [0.717, 1.165) is 12.1 Å². The first-order valence-corrected chi connectivity index (χ1v) is 5.30. The van der Waals surface area contributed by atoms with Gasteiger partial charge in [0, 0.05) is 10.0 Å². The lowest BCUT2D eigenvalue weighted by atomic mass is 10.1.